The smallest absolute Gasteiger partial charge is 0.262 e. The van der Waals surface area contributed by atoms with Crippen LogP contribution in [0.5, 0.6) is 11.5 Å². The number of hydrogen-bond donors (Lipinski definition) is 2. The fourth-order valence-electron chi connectivity index (χ4n) is 3.95. The van der Waals surface area contributed by atoms with Gasteiger partial charge in [-0.25, -0.2) is 8.42 Å². The lowest BCUT2D eigenvalue weighted by atomic mass is 10.2. The Morgan fingerprint density at radius 2 is 1.52 bits per heavy atom. The average Bonchev–Trinajstić information content (AvgIpc) is 2.94. The number of para-hydroxylation sites is 2. The summed E-state index contributed by atoms with van der Waals surface area (Å²) in [5.41, 5.74) is 0.368. The second kappa shape index (κ2) is 12.6. The SMILES string of the molecule is CC(=O)N1CCN(C(=O)CNC(=O)c2ccc(S(=O)(=O)Nc3ccccc3Oc3ccc(Cl)cc3Cl)cc2)CC1. The highest BCUT2D eigenvalue weighted by Crippen LogP contribution is 2.35. The molecule has 1 saturated heterocycles. The Bertz CT molecular complexity index is 1520. The van der Waals surface area contributed by atoms with Crippen LogP contribution in [0.15, 0.2) is 71.6 Å². The van der Waals surface area contributed by atoms with Crippen LogP contribution in [-0.4, -0.2) is 68.7 Å². The molecule has 3 aromatic rings. The van der Waals surface area contributed by atoms with Crippen molar-refractivity contribution in [1.29, 1.82) is 0 Å². The van der Waals surface area contributed by atoms with E-state index >= 15 is 0 Å². The Balaban J connectivity index is 1.37. The molecule has 1 fully saturated rings. The van der Waals surface area contributed by atoms with Gasteiger partial charge in [-0.3, -0.25) is 19.1 Å². The number of halogens is 2. The number of nitrogens with one attached hydrogen (secondary N) is 2. The largest absolute Gasteiger partial charge is 0.454 e. The average molecular weight is 606 g/mol. The zero-order valence-electron chi connectivity index (χ0n) is 21.4. The number of amides is 3. The van der Waals surface area contributed by atoms with E-state index in [-0.39, 0.29) is 45.3 Å². The Morgan fingerprint density at radius 3 is 2.17 bits per heavy atom. The fraction of sp³-hybridized carbons (Fsp3) is 0.222. The predicted molar refractivity (Wildman–Crippen MR) is 151 cm³/mol. The minimum absolute atomic E-state index is 0.0403. The normalized spacial score (nSPS) is 13.5. The third kappa shape index (κ3) is 7.23. The Kier molecular flexibility index (Phi) is 9.18. The summed E-state index contributed by atoms with van der Waals surface area (Å²) in [5, 5.41) is 3.25. The number of benzene rings is 3. The predicted octanol–water partition coefficient (Wildman–Crippen LogP) is 4.01. The minimum atomic E-state index is -4.04. The molecule has 0 aromatic heterocycles. The standard InChI is InChI=1S/C27H26Cl2N4O6S/c1-18(34)32-12-14-33(15-13-32)26(35)17-30-27(36)19-6-9-21(10-7-19)40(37,38)31-23-4-2-3-5-25(23)39-24-11-8-20(28)16-22(24)29/h2-11,16,31H,12-15,17H2,1H3,(H,30,36). The van der Waals surface area contributed by atoms with Crippen molar-refractivity contribution in [2.75, 3.05) is 37.4 Å². The summed E-state index contributed by atoms with van der Waals surface area (Å²) < 4.78 is 34.4. The number of nitrogens with zero attached hydrogens (tertiary/aromatic N) is 2. The van der Waals surface area contributed by atoms with Crippen LogP contribution in [0.2, 0.25) is 10.0 Å². The van der Waals surface area contributed by atoms with Gasteiger partial charge in [0.1, 0.15) is 5.75 Å². The lowest BCUT2D eigenvalue weighted by Gasteiger charge is -2.34. The van der Waals surface area contributed by atoms with Crippen LogP contribution in [0.1, 0.15) is 17.3 Å². The molecule has 3 amide bonds. The van der Waals surface area contributed by atoms with Crippen LogP contribution in [0.3, 0.4) is 0 Å². The lowest BCUT2D eigenvalue weighted by molar-refractivity contribution is -0.137. The molecule has 2 N–H and O–H groups in total. The molecule has 4 rings (SSSR count). The van der Waals surface area contributed by atoms with Gasteiger partial charge in [0.25, 0.3) is 15.9 Å². The number of rotatable bonds is 8. The van der Waals surface area contributed by atoms with Gasteiger partial charge >= 0.3 is 0 Å². The Labute approximate surface area is 241 Å². The molecule has 0 saturated carbocycles. The van der Waals surface area contributed by atoms with Crippen molar-refractivity contribution in [3.05, 3.63) is 82.3 Å². The highest BCUT2D eigenvalue weighted by atomic mass is 35.5. The van der Waals surface area contributed by atoms with Crippen molar-refractivity contribution in [3.8, 4) is 11.5 Å². The highest BCUT2D eigenvalue weighted by molar-refractivity contribution is 7.92. The first-order valence-electron chi connectivity index (χ1n) is 12.2. The van der Waals surface area contributed by atoms with E-state index in [0.29, 0.717) is 37.0 Å². The molecule has 1 aliphatic rings. The van der Waals surface area contributed by atoms with Crippen LogP contribution in [0, 0.1) is 0 Å². The maximum absolute atomic E-state index is 13.1. The number of hydrogen-bond acceptors (Lipinski definition) is 6. The molecule has 210 valence electrons. The van der Waals surface area contributed by atoms with E-state index in [4.69, 9.17) is 27.9 Å². The zero-order chi connectivity index (χ0) is 28.9. The zero-order valence-corrected chi connectivity index (χ0v) is 23.7. The minimum Gasteiger partial charge on any atom is -0.454 e. The maximum Gasteiger partial charge on any atom is 0.262 e. The van der Waals surface area contributed by atoms with E-state index in [1.165, 1.54) is 43.3 Å². The van der Waals surface area contributed by atoms with Gasteiger partial charge in [-0.2, -0.15) is 0 Å². The van der Waals surface area contributed by atoms with Gasteiger partial charge in [0.15, 0.2) is 5.75 Å². The van der Waals surface area contributed by atoms with Gasteiger partial charge in [-0.1, -0.05) is 35.3 Å². The third-order valence-corrected chi connectivity index (χ3v) is 8.06. The summed E-state index contributed by atoms with van der Waals surface area (Å²) in [6.45, 7) is 2.96. The van der Waals surface area contributed by atoms with Gasteiger partial charge < -0.3 is 19.9 Å². The summed E-state index contributed by atoms with van der Waals surface area (Å²) >= 11 is 12.1. The van der Waals surface area contributed by atoms with Gasteiger partial charge in [-0.15, -0.1) is 0 Å². The third-order valence-electron chi connectivity index (χ3n) is 6.15. The van der Waals surface area contributed by atoms with Crippen LogP contribution in [0.25, 0.3) is 0 Å². The van der Waals surface area contributed by atoms with Crippen LogP contribution in [0.4, 0.5) is 5.69 Å². The first-order chi connectivity index (χ1) is 19.0. The quantitative estimate of drug-likeness (QED) is 0.400. The van der Waals surface area contributed by atoms with Crippen molar-refractivity contribution in [3.63, 3.8) is 0 Å². The molecule has 3 aromatic carbocycles. The summed E-state index contributed by atoms with van der Waals surface area (Å²) in [6.07, 6.45) is 0. The summed E-state index contributed by atoms with van der Waals surface area (Å²) in [5.74, 6) is -0.308. The van der Waals surface area contributed by atoms with Gasteiger partial charge in [0.05, 0.1) is 22.2 Å². The van der Waals surface area contributed by atoms with E-state index < -0.39 is 15.9 Å². The van der Waals surface area contributed by atoms with Gasteiger partial charge in [0.2, 0.25) is 11.8 Å². The molecular weight excluding hydrogens is 579 g/mol. The van der Waals surface area contributed by atoms with Crippen LogP contribution >= 0.6 is 23.2 Å². The van der Waals surface area contributed by atoms with Crippen LogP contribution in [-0.2, 0) is 19.6 Å². The molecule has 0 spiro atoms. The van der Waals surface area contributed by atoms with Crippen LogP contribution < -0.4 is 14.8 Å². The van der Waals surface area contributed by atoms with Gasteiger partial charge in [0, 0.05) is 43.7 Å². The molecule has 0 aliphatic carbocycles. The first-order valence-corrected chi connectivity index (χ1v) is 14.4. The van der Waals surface area contributed by atoms with E-state index in [9.17, 15) is 22.8 Å². The number of anilines is 1. The summed E-state index contributed by atoms with van der Waals surface area (Å²) in [7, 11) is -4.04. The maximum atomic E-state index is 13.1. The lowest BCUT2D eigenvalue weighted by Crippen LogP contribution is -2.52. The molecule has 10 nitrogen and oxygen atoms in total. The van der Waals surface area contributed by atoms with Crippen molar-refractivity contribution >= 4 is 56.6 Å². The second-order valence-electron chi connectivity index (χ2n) is 8.87. The Morgan fingerprint density at radius 1 is 0.875 bits per heavy atom. The van der Waals surface area contributed by atoms with Crippen molar-refractivity contribution < 1.29 is 27.5 Å². The molecule has 1 aliphatic heterocycles. The second-order valence-corrected chi connectivity index (χ2v) is 11.4. The van der Waals surface area contributed by atoms with E-state index in [0.717, 1.165) is 0 Å². The molecular formula is C27H26Cl2N4O6S. The van der Waals surface area contributed by atoms with E-state index in [1.54, 1.807) is 40.1 Å². The van der Waals surface area contributed by atoms with Crippen molar-refractivity contribution in [2.24, 2.45) is 0 Å². The number of carbonyl (C=O) groups is 3. The topological polar surface area (TPSA) is 125 Å². The molecule has 40 heavy (non-hydrogen) atoms. The van der Waals surface area contributed by atoms with E-state index in [2.05, 4.69) is 10.0 Å². The fourth-order valence-corrected chi connectivity index (χ4v) is 5.46. The number of carbonyl (C=O) groups excluding carboxylic acids is 3. The number of sulfonamides is 1. The Hall–Kier alpha value is -3.80. The van der Waals surface area contributed by atoms with E-state index in [1.807, 2.05) is 0 Å². The monoisotopic (exact) mass is 604 g/mol. The summed E-state index contributed by atoms with van der Waals surface area (Å²) in [4.78, 5) is 39.6. The first kappa shape index (κ1) is 29.2. The molecule has 13 heteroatoms. The molecule has 0 atom stereocenters. The number of piperazine rings is 1. The molecule has 0 radical (unpaired) electrons. The molecule has 1 heterocycles. The molecule has 0 bridgehead atoms. The summed E-state index contributed by atoms with van der Waals surface area (Å²) in [6, 6.07) is 16.4. The highest BCUT2D eigenvalue weighted by Gasteiger charge is 2.23. The molecule has 0 unspecified atom stereocenters. The van der Waals surface area contributed by atoms with Crippen molar-refractivity contribution in [1.82, 2.24) is 15.1 Å². The van der Waals surface area contributed by atoms with Crippen molar-refractivity contribution in [2.45, 2.75) is 11.8 Å². The van der Waals surface area contributed by atoms with Gasteiger partial charge in [-0.05, 0) is 54.6 Å². The number of ether oxygens (including phenoxy) is 1.